The predicted molar refractivity (Wildman–Crippen MR) is 134 cm³/mol. The summed E-state index contributed by atoms with van der Waals surface area (Å²) >= 11 is 6.07. The molecule has 184 valence electrons. The Labute approximate surface area is 210 Å². The number of methoxy groups -OCH3 is 1. The third kappa shape index (κ3) is 5.29. The highest BCUT2D eigenvalue weighted by molar-refractivity contribution is 6.30. The zero-order valence-corrected chi connectivity index (χ0v) is 21.0. The summed E-state index contributed by atoms with van der Waals surface area (Å²) < 4.78 is 16.5. The molecule has 0 spiro atoms. The largest absolute Gasteiger partial charge is 0.494 e. The molecule has 0 saturated carbocycles. The van der Waals surface area contributed by atoms with Crippen LogP contribution in [-0.4, -0.2) is 38.7 Å². The number of ketones is 1. The Morgan fingerprint density at radius 2 is 1.83 bits per heavy atom. The second kappa shape index (κ2) is 11.1. The number of Topliss-reactive ketones (excluding diaryl/α,β-unsaturated/α-hetero) is 1. The minimum absolute atomic E-state index is 0.00435. The topological polar surface area (TPSA) is 73.9 Å². The van der Waals surface area contributed by atoms with Crippen LogP contribution < -0.4 is 10.1 Å². The standard InChI is InChI=1S/C28H30ClNO5/c1-4-34-24-8-6-5-7-21(24)26-25(28(32)35-14-13-33-3)17(2)30-22-15-19(16-23(31)27(22)26)18-9-11-20(29)12-10-18/h5-12,19,26,30H,4,13-16H2,1-3H3/t19-,26+/m1/s1. The van der Waals surface area contributed by atoms with Crippen LogP contribution in [0.5, 0.6) is 5.75 Å². The second-order valence-electron chi connectivity index (χ2n) is 8.67. The van der Waals surface area contributed by atoms with Crippen molar-refractivity contribution in [1.82, 2.24) is 5.32 Å². The smallest absolute Gasteiger partial charge is 0.336 e. The van der Waals surface area contributed by atoms with E-state index in [2.05, 4.69) is 5.32 Å². The molecule has 35 heavy (non-hydrogen) atoms. The SMILES string of the molecule is CCOc1ccccc1[C@H]1C(C(=O)OCCOC)=C(C)NC2=C1C(=O)C[C@H](c1ccc(Cl)cc1)C2. The molecule has 1 aliphatic carbocycles. The number of ether oxygens (including phenoxy) is 3. The molecule has 7 heteroatoms. The zero-order chi connectivity index (χ0) is 24.9. The first-order valence-corrected chi connectivity index (χ1v) is 12.2. The van der Waals surface area contributed by atoms with E-state index in [-0.39, 0.29) is 18.3 Å². The summed E-state index contributed by atoms with van der Waals surface area (Å²) in [4.78, 5) is 27.0. The van der Waals surface area contributed by atoms with Crippen LogP contribution in [0.15, 0.2) is 71.1 Å². The molecule has 0 unspecified atom stereocenters. The molecule has 0 fully saturated rings. The van der Waals surface area contributed by atoms with Gasteiger partial charge < -0.3 is 19.5 Å². The van der Waals surface area contributed by atoms with Crippen LogP contribution in [0.3, 0.4) is 0 Å². The van der Waals surface area contributed by atoms with Crippen LogP contribution >= 0.6 is 11.6 Å². The van der Waals surface area contributed by atoms with E-state index >= 15 is 0 Å². The van der Waals surface area contributed by atoms with Crippen LogP contribution in [0, 0.1) is 0 Å². The summed E-state index contributed by atoms with van der Waals surface area (Å²) in [6.45, 7) is 4.65. The first-order valence-electron chi connectivity index (χ1n) is 11.8. The summed E-state index contributed by atoms with van der Waals surface area (Å²) in [6, 6.07) is 15.2. The first kappa shape index (κ1) is 25.0. The fraction of sp³-hybridized carbons (Fsp3) is 0.357. The van der Waals surface area contributed by atoms with E-state index in [0.29, 0.717) is 53.7 Å². The molecule has 0 amide bonds. The number of benzene rings is 2. The molecule has 0 saturated heterocycles. The molecule has 2 atom stereocenters. The molecule has 1 N–H and O–H groups in total. The van der Waals surface area contributed by atoms with E-state index in [1.54, 1.807) is 7.11 Å². The minimum Gasteiger partial charge on any atom is -0.494 e. The molecule has 2 aromatic carbocycles. The van der Waals surface area contributed by atoms with Crippen LogP contribution in [-0.2, 0) is 19.1 Å². The average Bonchev–Trinajstić information content (AvgIpc) is 2.84. The number of hydrogen-bond acceptors (Lipinski definition) is 6. The Morgan fingerprint density at radius 1 is 1.09 bits per heavy atom. The lowest BCUT2D eigenvalue weighted by atomic mass is 9.71. The van der Waals surface area contributed by atoms with Crippen molar-refractivity contribution in [3.8, 4) is 5.75 Å². The number of rotatable bonds is 8. The number of dihydropyridines is 1. The third-order valence-corrected chi connectivity index (χ3v) is 6.69. The predicted octanol–water partition coefficient (Wildman–Crippen LogP) is 5.29. The van der Waals surface area contributed by atoms with Gasteiger partial charge in [0.1, 0.15) is 12.4 Å². The quantitative estimate of drug-likeness (QED) is 0.396. The fourth-order valence-corrected chi connectivity index (χ4v) is 5.02. The normalized spacial score (nSPS) is 19.8. The Hall–Kier alpha value is -3.09. The van der Waals surface area contributed by atoms with Gasteiger partial charge in [-0.1, -0.05) is 41.9 Å². The molecule has 0 radical (unpaired) electrons. The summed E-state index contributed by atoms with van der Waals surface area (Å²) in [7, 11) is 1.55. The number of allylic oxidation sites excluding steroid dienone is 3. The molecule has 4 rings (SSSR count). The van der Waals surface area contributed by atoms with Gasteiger partial charge in [0.25, 0.3) is 0 Å². The van der Waals surface area contributed by atoms with E-state index in [4.69, 9.17) is 25.8 Å². The molecule has 1 heterocycles. The Kier molecular flexibility index (Phi) is 7.93. The summed E-state index contributed by atoms with van der Waals surface area (Å²) in [5.74, 6) is -0.372. The van der Waals surface area contributed by atoms with Crippen LogP contribution in [0.1, 0.15) is 49.7 Å². The highest BCUT2D eigenvalue weighted by Crippen LogP contribution is 2.47. The lowest BCUT2D eigenvalue weighted by Gasteiger charge is -2.37. The number of esters is 1. The van der Waals surface area contributed by atoms with E-state index in [9.17, 15) is 9.59 Å². The van der Waals surface area contributed by atoms with Gasteiger partial charge in [-0.2, -0.15) is 0 Å². The molecule has 2 aliphatic rings. The fourth-order valence-electron chi connectivity index (χ4n) is 4.89. The molecule has 6 nitrogen and oxygen atoms in total. The molecule has 0 bridgehead atoms. The van der Waals surface area contributed by atoms with Gasteiger partial charge in [-0.3, -0.25) is 4.79 Å². The highest BCUT2D eigenvalue weighted by atomic mass is 35.5. The number of carbonyl (C=O) groups is 2. The van der Waals surface area contributed by atoms with Crippen molar-refractivity contribution in [3.63, 3.8) is 0 Å². The monoisotopic (exact) mass is 495 g/mol. The van der Waals surface area contributed by atoms with Crippen molar-refractivity contribution in [1.29, 1.82) is 0 Å². The number of carbonyl (C=O) groups excluding carboxylic acids is 2. The van der Waals surface area contributed by atoms with Crippen LogP contribution in [0.2, 0.25) is 5.02 Å². The molecular formula is C28H30ClNO5. The third-order valence-electron chi connectivity index (χ3n) is 6.44. The highest BCUT2D eigenvalue weighted by Gasteiger charge is 2.42. The van der Waals surface area contributed by atoms with E-state index in [1.165, 1.54) is 0 Å². The van der Waals surface area contributed by atoms with Crippen molar-refractivity contribution in [2.24, 2.45) is 0 Å². The number of para-hydroxylation sites is 1. The molecule has 1 aliphatic heterocycles. The summed E-state index contributed by atoms with van der Waals surface area (Å²) in [5.41, 5.74) is 4.38. The van der Waals surface area contributed by atoms with Gasteiger partial charge in [-0.05, 0) is 49.9 Å². The number of hydrogen-bond donors (Lipinski definition) is 1. The van der Waals surface area contributed by atoms with Crippen molar-refractivity contribution in [3.05, 3.63) is 87.2 Å². The zero-order valence-electron chi connectivity index (χ0n) is 20.2. The minimum atomic E-state index is -0.581. The maximum absolute atomic E-state index is 13.7. The van der Waals surface area contributed by atoms with Gasteiger partial charge in [0.2, 0.25) is 0 Å². The van der Waals surface area contributed by atoms with Crippen molar-refractivity contribution in [2.45, 2.75) is 38.5 Å². The Balaban J connectivity index is 1.78. The second-order valence-corrected chi connectivity index (χ2v) is 9.10. The lowest BCUT2D eigenvalue weighted by molar-refractivity contribution is -0.140. The van der Waals surface area contributed by atoms with E-state index in [1.807, 2.05) is 62.4 Å². The van der Waals surface area contributed by atoms with Gasteiger partial charge in [0.05, 0.1) is 24.7 Å². The lowest BCUT2D eigenvalue weighted by Crippen LogP contribution is -2.36. The summed E-state index contributed by atoms with van der Waals surface area (Å²) in [5, 5.41) is 4.03. The van der Waals surface area contributed by atoms with E-state index < -0.39 is 11.9 Å². The molecule has 0 aromatic heterocycles. The van der Waals surface area contributed by atoms with Crippen LogP contribution in [0.4, 0.5) is 0 Å². The van der Waals surface area contributed by atoms with Crippen molar-refractivity contribution in [2.75, 3.05) is 26.9 Å². The number of nitrogens with one attached hydrogen (secondary N) is 1. The molecular weight excluding hydrogens is 466 g/mol. The number of halogens is 1. The van der Waals surface area contributed by atoms with Gasteiger partial charge >= 0.3 is 5.97 Å². The maximum Gasteiger partial charge on any atom is 0.336 e. The Bertz CT molecular complexity index is 1170. The van der Waals surface area contributed by atoms with Gasteiger partial charge in [-0.25, -0.2) is 4.79 Å². The van der Waals surface area contributed by atoms with Crippen molar-refractivity contribution < 1.29 is 23.8 Å². The Morgan fingerprint density at radius 3 is 2.54 bits per heavy atom. The average molecular weight is 496 g/mol. The molecule has 2 aromatic rings. The summed E-state index contributed by atoms with van der Waals surface area (Å²) in [6.07, 6.45) is 1.000. The van der Waals surface area contributed by atoms with Gasteiger partial charge in [0.15, 0.2) is 5.78 Å². The van der Waals surface area contributed by atoms with Gasteiger partial charge in [-0.15, -0.1) is 0 Å². The maximum atomic E-state index is 13.7. The van der Waals surface area contributed by atoms with Crippen molar-refractivity contribution >= 4 is 23.4 Å². The van der Waals surface area contributed by atoms with Gasteiger partial charge in [0, 0.05) is 41.1 Å². The first-order chi connectivity index (χ1) is 16.9. The van der Waals surface area contributed by atoms with E-state index in [0.717, 1.165) is 16.8 Å². The van der Waals surface area contributed by atoms with Crippen LogP contribution in [0.25, 0.3) is 0 Å².